The zero-order chi connectivity index (χ0) is 23.2. The molecule has 0 saturated heterocycles. The van der Waals surface area contributed by atoms with Crippen LogP contribution in [-0.4, -0.2) is 50.5 Å². The molecule has 2 amide bonds. The van der Waals surface area contributed by atoms with Crippen LogP contribution in [0.4, 0.5) is 10.1 Å². The number of hydrogen-bond acceptors (Lipinski definition) is 4. The van der Waals surface area contributed by atoms with Crippen LogP contribution in [0.15, 0.2) is 48.5 Å². The number of nitrogens with one attached hydrogen (secondary N) is 1. The lowest BCUT2D eigenvalue weighted by atomic mass is 10.1. The predicted octanol–water partition coefficient (Wildman–Crippen LogP) is 2.80. The van der Waals surface area contributed by atoms with Crippen molar-refractivity contribution >= 4 is 39.1 Å². The number of carbonyl (C=O) groups is 2. The third kappa shape index (κ3) is 6.67. The van der Waals surface area contributed by atoms with Crippen LogP contribution in [0, 0.1) is 5.82 Å². The summed E-state index contributed by atoms with van der Waals surface area (Å²) in [5.41, 5.74) is 0.615. The molecule has 0 aromatic heterocycles. The van der Waals surface area contributed by atoms with Crippen molar-refractivity contribution in [1.29, 1.82) is 0 Å². The van der Waals surface area contributed by atoms with Crippen LogP contribution in [0.1, 0.15) is 19.4 Å². The van der Waals surface area contributed by atoms with E-state index in [2.05, 4.69) is 5.32 Å². The minimum atomic E-state index is -3.91. The first-order chi connectivity index (χ1) is 14.5. The maximum absolute atomic E-state index is 13.7. The van der Waals surface area contributed by atoms with Gasteiger partial charge in [-0.05, 0) is 43.7 Å². The first-order valence-electron chi connectivity index (χ1n) is 9.58. The van der Waals surface area contributed by atoms with Gasteiger partial charge < -0.3 is 10.2 Å². The highest BCUT2D eigenvalue weighted by Crippen LogP contribution is 2.22. The molecule has 10 heteroatoms. The summed E-state index contributed by atoms with van der Waals surface area (Å²) in [7, 11) is -3.91. The minimum absolute atomic E-state index is 0.00242. The number of benzene rings is 2. The van der Waals surface area contributed by atoms with Gasteiger partial charge >= 0.3 is 0 Å². The van der Waals surface area contributed by atoms with E-state index in [1.54, 1.807) is 38.1 Å². The molecule has 0 spiro atoms. The van der Waals surface area contributed by atoms with Gasteiger partial charge in [-0.2, -0.15) is 0 Å². The molecule has 0 aliphatic heterocycles. The van der Waals surface area contributed by atoms with E-state index in [0.29, 0.717) is 17.1 Å². The first-order valence-corrected chi connectivity index (χ1v) is 11.8. The second-order valence-electron chi connectivity index (χ2n) is 6.93. The number of carbonyl (C=O) groups excluding carboxylic acids is 2. The summed E-state index contributed by atoms with van der Waals surface area (Å²) in [6.07, 6.45) is 0.927. The molecule has 0 saturated carbocycles. The standard InChI is InChI=1S/C21H25ClFN3O4S/c1-4-24-21(28)15(2)25(13-16-8-5-6-11-19(16)22)20(27)14-26(31(3,29)30)18-10-7-9-17(23)12-18/h5-12,15H,4,13-14H2,1-3H3,(H,24,28)/t15-/m1/s1. The SMILES string of the molecule is CCNC(=O)[C@@H](C)N(Cc1ccccc1Cl)C(=O)CN(c1cccc(F)c1)S(C)(=O)=O. The summed E-state index contributed by atoms with van der Waals surface area (Å²) in [6, 6.07) is 10.9. The Balaban J connectivity index is 2.40. The van der Waals surface area contributed by atoms with Gasteiger partial charge in [0, 0.05) is 18.1 Å². The van der Waals surface area contributed by atoms with Gasteiger partial charge in [-0.25, -0.2) is 12.8 Å². The predicted molar refractivity (Wildman–Crippen MR) is 119 cm³/mol. The summed E-state index contributed by atoms with van der Waals surface area (Å²) in [5.74, 6) is -1.66. The highest BCUT2D eigenvalue weighted by Gasteiger charge is 2.30. The third-order valence-corrected chi connectivity index (χ3v) is 6.10. The van der Waals surface area contributed by atoms with Crippen molar-refractivity contribution in [2.75, 3.05) is 23.7 Å². The zero-order valence-corrected chi connectivity index (χ0v) is 19.1. The first kappa shape index (κ1) is 24.6. The second kappa shape index (κ2) is 10.6. The summed E-state index contributed by atoms with van der Waals surface area (Å²) in [6.45, 7) is 3.07. The molecule has 31 heavy (non-hydrogen) atoms. The summed E-state index contributed by atoms with van der Waals surface area (Å²) in [5, 5.41) is 3.07. The fourth-order valence-electron chi connectivity index (χ4n) is 2.96. The van der Waals surface area contributed by atoms with Crippen molar-refractivity contribution in [2.24, 2.45) is 0 Å². The van der Waals surface area contributed by atoms with Crippen LogP contribution in [0.2, 0.25) is 5.02 Å². The topological polar surface area (TPSA) is 86.8 Å². The van der Waals surface area contributed by atoms with Crippen molar-refractivity contribution in [2.45, 2.75) is 26.4 Å². The monoisotopic (exact) mass is 469 g/mol. The van der Waals surface area contributed by atoms with E-state index in [1.165, 1.54) is 23.1 Å². The summed E-state index contributed by atoms with van der Waals surface area (Å²) >= 11 is 6.22. The fourth-order valence-corrected chi connectivity index (χ4v) is 4.00. The molecule has 1 atom stereocenters. The van der Waals surface area contributed by atoms with Gasteiger partial charge in [-0.1, -0.05) is 35.9 Å². The van der Waals surface area contributed by atoms with Crippen LogP contribution >= 0.6 is 11.6 Å². The Labute approximate surface area is 186 Å². The number of amides is 2. The fraction of sp³-hybridized carbons (Fsp3) is 0.333. The van der Waals surface area contributed by atoms with Gasteiger partial charge in [0.1, 0.15) is 18.4 Å². The van der Waals surface area contributed by atoms with E-state index in [4.69, 9.17) is 11.6 Å². The lowest BCUT2D eigenvalue weighted by Crippen LogP contribution is -2.51. The minimum Gasteiger partial charge on any atom is -0.355 e. The Morgan fingerprint density at radius 1 is 1.16 bits per heavy atom. The molecule has 0 aliphatic carbocycles. The number of sulfonamides is 1. The van der Waals surface area contributed by atoms with E-state index >= 15 is 0 Å². The second-order valence-corrected chi connectivity index (χ2v) is 9.25. The van der Waals surface area contributed by atoms with Crippen molar-refractivity contribution in [3.8, 4) is 0 Å². The van der Waals surface area contributed by atoms with Crippen molar-refractivity contribution in [1.82, 2.24) is 10.2 Å². The molecular formula is C21H25ClFN3O4S. The summed E-state index contributed by atoms with van der Waals surface area (Å²) < 4.78 is 39.2. The molecule has 0 fully saturated rings. The number of rotatable bonds is 9. The third-order valence-electron chi connectivity index (χ3n) is 4.59. The maximum Gasteiger partial charge on any atom is 0.244 e. The van der Waals surface area contributed by atoms with E-state index in [0.717, 1.165) is 16.6 Å². The molecule has 7 nitrogen and oxygen atoms in total. The van der Waals surface area contributed by atoms with Crippen molar-refractivity contribution in [3.63, 3.8) is 0 Å². The Morgan fingerprint density at radius 3 is 2.42 bits per heavy atom. The highest BCUT2D eigenvalue weighted by atomic mass is 35.5. The Kier molecular flexibility index (Phi) is 8.41. The normalized spacial score (nSPS) is 12.2. The number of likely N-dealkylation sites (N-methyl/N-ethyl adjacent to an activating group) is 1. The molecule has 0 aliphatic rings. The molecule has 1 N–H and O–H groups in total. The molecule has 0 unspecified atom stereocenters. The number of nitrogens with zero attached hydrogens (tertiary/aromatic N) is 2. The van der Waals surface area contributed by atoms with Crippen LogP contribution in [0.3, 0.4) is 0 Å². The Morgan fingerprint density at radius 2 is 1.84 bits per heavy atom. The largest absolute Gasteiger partial charge is 0.355 e. The average Bonchev–Trinajstić information content (AvgIpc) is 2.70. The smallest absolute Gasteiger partial charge is 0.244 e. The van der Waals surface area contributed by atoms with E-state index in [-0.39, 0.29) is 18.1 Å². The van der Waals surface area contributed by atoms with Crippen LogP contribution in [0.5, 0.6) is 0 Å². The quantitative estimate of drug-likeness (QED) is 0.611. The molecular weight excluding hydrogens is 445 g/mol. The van der Waals surface area contributed by atoms with E-state index < -0.39 is 34.3 Å². The van der Waals surface area contributed by atoms with Crippen LogP contribution in [0.25, 0.3) is 0 Å². The van der Waals surface area contributed by atoms with E-state index in [9.17, 15) is 22.4 Å². The molecule has 2 aromatic carbocycles. The average molecular weight is 470 g/mol. The molecule has 0 bridgehead atoms. The van der Waals surface area contributed by atoms with Crippen LogP contribution in [-0.2, 0) is 26.2 Å². The Hall–Kier alpha value is -2.65. The van der Waals surface area contributed by atoms with Crippen LogP contribution < -0.4 is 9.62 Å². The highest BCUT2D eigenvalue weighted by molar-refractivity contribution is 7.92. The van der Waals surface area contributed by atoms with Gasteiger partial charge in [-0.15, -0.1) is 0 Å². The molecule has 2 rings (SSSR count). The van der Waals surface area contributed by atoms with Crippen molar-refractivity contribution < 1.29 is 22.4 Å². The van der Waals surface area contributed by atoms with Gasteiger partial charge in [0.05, 0.1) is 11.9 Å². The van der Waals surface area contributed by atoms with Gasteiger partial charge in [0.15, 0.2) is 0 Å². The maximum atomic E-state index is 13.7. The molecule has 168 valence electrons. The molecule has 0 heterocycles. The van der Waals surface area contributed by atoms with E-state index in [1.807, 2.05) is 0 Å². The number of anilines is 1. The Bertz CT molecular complexity index is 1050. The lowest BCUT2D eigenvalue weighted by Gasteiger charge is -2.31. The zero-order valence-electron chi connectivity index (χ0n) is 17.5. The van der Waals surface area contributed by atoms with Gasteiger partial charge in [0.2, 0.25) is 21.8 Å². The number of halogens is 2. The van der Waals surface area contributed by atoms with Gasteiger partial charge in [0.25, 0.3) is 0 Å². The molecule has 0 radical (unpaired) electrons. The van der Waals surface area contributed by atoms with Crippen molar-refractivity contribution in [3.05, 3.63) is 64.9 Å². The lowest BCUT2D eigenvalue weighted by molar-refractivity contribution is -0.139. The van der Waals surface area contributed by atoms with Gasteiger partial charge in [-0.3, -0.25) is 13.9 Å². The molecule has 2 aromatic rings. The number of hydrogen-bond donors (Lipinski definition) is 1. The summed E-state index contributed by atoms with van der Waals surface area (Å²) in [4.78, 5) is 26.9.